The van der Waals surface area contributed by atoms with Crippen LogP contribution in [0, 0.1) is 0 Å². The first-order valence-corrected chi connectivity index (χ1v) is 6.71. The van der Waals surface area contributed by atoms with E-state index in [-0.39, 0.29) is 6.10 Å². The Labute approximate surface area is 97.6 Å². The normalized spacial score (nSPS) is 42.2. The highest BCUT2D eigenvalue weighted by Crippen LogP contribution is 2.23. The Morgan fingerprint density at radius 2 is 1.81 bits per heavy atom. The molecule has 0 saturated carbocycles. The topological polar surface area (TPSA) is 38.7 Å². The van der Waals surface area contributed by atoms with Crippen LogP contribution in [0.5, 0.6) is 0 Å². The molecule has 3 aliphatic heterocycles. The number of fused-ring (bicyclic) bond motifs is 1. The van der Waals surface area contributed by atoms with Crippen molar-refractivity contribution in [3.63, 3.8) is 0 Å². The minimum atomic E-state index is -0.159. The third kappa shape index (κ3) is 1.99. The predicted octanol–water partition coefficient (Wildman–Crippen LogP) is -0.511. The van der Waals surface area contributed by atoms with Crippen LogP contribution in [0.3, 0.4) is 0 Å². The van der Waals surface area contributed by atoms with E-state index in [4.69, 9.17) is 0 Å². The van der Waals surface area contributed by atoms with E-state index in [1.54, 1.807) is 0 Å². The Hall–Kier alpha value is -0.160. The molecule has 0 aromatic heterocycles. The molecule has 3 aliphatic rings. The molecule has 3 atom stereocenters. The van der Waals surface area contributed by atoms with Gasteiger partial charge in [-0.05, 0) is 38.9 Å². The van der Waals surface area contributed by atoms with Crippen LogP contribution in [0.25, 0.3) is 0 Å². The Bertz CT molecular complexity index is 248. The van der Waals surface area contributed by atoms with E-state index in [9.17, 15) is 5.11 Å². The molecule has 0 aliphatic carbocycles. The lowest BCUT2D eigenvalue weighted by Crippen LogP contribution is -2.47. The SMILES string of the molecule is OC1CNCC1N1CCCN2CCCC2C1. The lowest BCUT2D eigenvalue weighted by Gasteiger charge is -2.31. The molecule has 0 spiro atoms. The molecule has 92 valence electrons. The van der Waals surface area contributed by atoms with E-state index in [2.05, 4.69) is 15.1 Å². The Balaban J connectivity index is 1.66. The van der Waals surface area contributed by atoms with Crippen molar-refractivity contribution in [3.8, 4) is 0 Å². The maximum atomic E-state index is 9.96. The van der Waals surface area contributed by atoms with Gasteiger partial charge >= 0.3 is 0 Å². The highest BCUT2D eigenvalue weighted by molar-refractivity contribution is 4.93. The Morgan fingerprint density at radius 3 is 2.62 bits per heavy atom. The summed E-state index contributed by atoms with van der Waals surface area (Å²) in [5.74, 6) is 0. The minimum Gasteiger partial charge on any atom is -0.390 e. The number of aliphatic hydroxyl groups excluding tert-OH is 1. The number of rotatable bonds is 1. The zero-order valence-electron chi connectivity index (χ0n) is 9.94. The van der Waals surface area contributed by atoms with E-state index < -0.39 is 0 Å². The van der Waals surface area contributed by atoms with Gasteiger partial charge in [-0.15, -0.1) is 0 Å². The molecule has 16 heavy (non-hydrogen) atoms. The van der Waals surface area contributed by atoms with Gasteiger partial charge < -0.3 is 10.4 Å². The highest BCUT2D eigenvalue weighted by atomic mass is 16.3. The maximum Gasteiger partial charge on any atom is 0.0831 e. The molecule has 3 heterocycles. The van der Waals surface area contributed by atoms with E-state index in [1.807, 2.05) is 0 Å². The van der Waals surface area contributed by atoms with Crippen LogP contribution in [0.2, 0.25) is 0 Å². The minimum absolute atomic E-state index is 0.159. The van der Waals surface area contributed by atoms with Gasteiger partial charge in [0.1, 0.15) is 0 Å². The van der Waals surface area contributed by atoms with Crippen molar-refractivity contribution < 1.29 is 5.11 Å². The van der Waals surface area contributed by atoms with E-state index in [0.717, 1.165) is 25.7 Å². The third-order valence-corrected chi connectivity index (χ3v) is 4.46. The third-order valence-electron chi connectivity index (χ3n) is 4.46. The first-order valence-electron chi connectivity index (χ1n) is 6.71. The van der Waals surface area contributed by atoms with Crippen LogP contribution in [0.1, 0.15) is 19.3 Å². The van der Waals surface area contributed by atoms with Gasteiger partial charge in [0.05, 0.1) is 6.10 Å². The first kappa shape index (κ1) is 11.0. The molecule has 0 radical (unpaired) electrons. The van der Waals surface area contributed by atoms with Crippen molar-refractivity contribution in [2.75, 3.05) is 39.3 Å². The quantitative estimate of drug-likeness (QED) is 0.630. The number of hydrogen-bond acceptors (Lipinski definition) is 4. The second kappa shape index (κ2) is 4.61. The molecule has 0 aromatic rings. The van der Waals surface area contributed by atoms with Crippen molar-refractivity contribution in [1.29, 1.82) is 0 Å². The van der Waals surface area contributed by atoms with Crippen LogP contribution in [0.15, 0.2) is 0 Å². The van der Waals surface area contributed by atoms with Crippen molar-refractivity contribution >= 4 is 0 Å². The van der Waals surface area contributed by atoms with Gasteiger partial charge in [-0.2, -0.15) is 0 Å². The van der Waals surface area contributed by atoms with Crippen LogP contribution in [0.4, 0.5) is 0 Å². The lowest BCUT2D eigenvalue weighted by molar-refractivity contribution is 0.0780. The van der Waals surface area contributed by atoms with Gasteiger partial charge in [-0.3, -0.25) is 9.80 Å². The van der Waals surface area contributed by atoms with Crippen molar-refractivity contribution in [3.05, 3.63) is 0 Å². The van der Waals surface area contributed by atoms with Gasteiger partial charge in [0.25, 0.3) is 0 Å². The summed E-state index contributed by atoms with van der Waals surface area (Å²) in [4.78, 5) is 5.18. The predicted molar refractivity (Wildman–Crippen MR) is 63.4 cm³/mol. The molecule has 4 heteroatoms. The molecule has 3 saturated heterocycles. The van der Waals surface area contributed by atoms with E-state index >= 15 is 0 Å². The second-order valence-corrected chi connectivity index (χ2v) is 5.47. The maximum absolute atomic E-state index is 9.96. The van der Waals surface area contributed by atoms with Crippen molar-refractivity contribution in [2.45, 2.75) is 37.5 Å². The van der Waals surface area contributed by atoms with Crippen LogP contribution in [-0.4, -0.2) is 72.4 Å². The number of β-amino-alcohol motifs (C(OH)–C–C–N with tert-alkyl or cyclic N) is 1. The summed E-state index contributed by atoms with van der Waals surface area (Å²) < 4.78 is 0. The Morgan fingerprint density at radius 1 is 1.00 bits per heavy atom. The number of nitrogens with zero attached hydrogens (tertiary/aromatic N) is 2. The number of nitrogens with one attached hydrogen (secondary N) is 1. The zero-order chi connectivity index (χ0) is 11.0. The average molecular weight is 225 g/mol. The molecule has 0 bridgehead atoms. The summed E-state index contributed by atoms with van der Waals surface area (Å²) in [7, 11) is 0. The van der Waals surface area contributed by atoms with Crippen LogP contribution >= 0.6 is 0 Å². The van der Waals surface area contributed by atoms with Crippen molar-refractivity contribution in [2.24, 2.45) is 0 Å². The summed E-state index contributed by atoms with van der Waals surface area (Å²) in [5, 5.41) is 13.2. The molecule has 3 unspecified atom stereocenters. The van der Waals surface area contributed by atoms with Gasteiger partial charge in [0.2, 0.25) is 0 Å². The first-order chi connectivity index (χ1) is 7.84. The summed E-state index contributed by atoms with van der Waals surface area (Å²) >= 11 is 0. The molecule has 0 amide bonds. The second-order valence-electron chi connectivity index (χ2n) is 5.47. The Kier molecular flexibility index (Phi) is 3.16. The van der Waals surface area contributed by atoms with Gasteiger partial charge in [-0.1, -0.05) is 0 Å². The number of aliphatic hydroxyl groups is 1. The smallest absolute Gasteiger partial charge is 0.0831 e. The van der Waals surface area contributed by atoms with Gasteiger partial charge in [0, 0.05) is 31.7 Å². The largest absolute Gasteiger partial charge is 0.390 e. The fourth-order valence-corrected chi connectivity index (χ4v) is 3.56. The fraction of sp³-hybridized carbons (Fsp3) is 1.00. The summed E-state index contributed by atoms with van der Waals surface area (Å²) in [6, 6.07) is 1.12. The molecular weight excluding hydrogens is 202 g/mol. The van der Waals surface area contributed by atoms with E-state index in [0.29, 0.717) is 6.04 Å². The summed E-state index contributed by atoms with van der Waals surface area (Å²) in [6.45, 7) is 6.63. The molecule has 4 nitrogen and oxygen atoms in total. The van der Waals surface area contributed by atoms with Crippen molar-refractivity contribution in [1.82, 2.24) is 15.1 Å². The summed E-state index contributed by atoms with van der Waals surface area (Å²) in [5.41, 5.74) is 0. The standard InChI is InChI=1S/C12H23N3O/c16-12-8-13-7-11(12)15-6-2-5-14-4-1-3-10(14)9-15/h10-13,16H,1-9H2. The molecule has 3 fully saturated rings. The van der Waals surface area contributed by atoms with Crippen LogP contribution < -0.4 is 5.32 Å². The highest BCUT2D eigenvalue weighted by Gasteiger charge is 2.35. The number of hydrogen-bond donors (Lipinski definition) is 2. The average Bonchev–Trinajstić information content (AvgIpc) is 2.83. The lowest BCUT2D eigenvalue weighted by atomic mass is 10.1. The fourth-order valence-electron chi connectivity index (χ4n) is 3.56. The molecule has 2 N–H and O–H groups in total. The molecular formula is C12H23N3O. The van der Waals surface area contributed by atoms with E-state index in [1.165, 1.54) is 38.9 Å². The monoisotopic (exact) mass is 225 g/mol. The molecule has 3 rings (SSSR count). The van der Waals surface area contributed by atoms with Gasteiger partial charge in [0.15, 0.2) is 0 Å². The summed E-state index contributed by atoms with van der Waals surface area (Å²) in [6.07, 6.45) is 3.82. The van der Waals surface area contributed by atoms with Gasteiger partial charge in [-0.25, -0.2) is 0 Å². The zero-order valence-corrected chi connectivity index (χ0v) is 9.94. The van der Waals surface area contributed by atoms with Crippen LogP contribution in [-0.2, 0) is 0 Å². The molecule has 0 aromatic carbocycles.